The van der Waals surface area contributed by atoms with E-state index in [2.05, 4.69) is 17.1 Å². The number of nitrogens with zero attached hydrogens (tertiary/aromatic N) is 1. The Bertz CT molecular complexity index is 564. The Morgan fingerprint density at radius 2 is 1.80 bits per heavy atom. The van der Waals surface area contributed by atoms with Gasteiger partial charge in [0.15, 0.2) is 0 Å². The molecule has 2 rings (SSSR count). The molecular weight excluding hydrogens is 250 g/mol. The number of rotatable bonds is 6. The van der Waals surface area contributed by atoms with E-state index in [1.54, 1.807) is 14.2 Å². The minimum atomic E-state index is 0.754. The van der Waals surface area contributed by atoms with Crippen LogP contribution in [0.5, 0.6) is 11.5 Å². The third kappa shape index (κ3) is 3.85. The fraction of sp³-hybridized carbons (Fsp3) is 0.235. The van der Waals surface area contributed by atoms with Crippen LogP contribution in [0, 0.1) is 0 Å². The molecule has 20 heavy (non-hydrogen) atoms. The number of hydrogen-bond acceptors (Lipinski definition) is 3. The van der Waals surface area contributed by atoms with Crippen molar-refractivity contribution in [3.05, 3.63) is 59.7 Å². The molecular formula is C17H19NO2. The van der Waals surface area contributed by atoms with Crippen molar-refractivity contribution in [2.75, 3.05) is 20.8 Å². The van der Waals surface area contributed by atoms with E-state index in [0.29, 0.717) is 0 Å². The summed E-state index contributed by atoms with van der Waals surface area (Å²) in [5.41, 5.74) is 2.22. The quantitative estimate of drug-likeness (QED) is 0.753. The van der Waals surface area contributed by atoms with Crippen molar-refractivity contribution >= 4 is 6.21 Å². The van der Waals surface area contributed by atoms with Crippen LogP contribution in [0.4, 0.5) is 0 Å². The molecule has 0 aliphatic carbocycles. The summed E-state index contributed by atoms with van der Waals surface area (Å²) in [6.07, 6.45) is 2.77. The molecule has 0 saturated heterocycles. The van der Waals surface area contributed by atoms with Gasteiger partial charge in [-0.3, -0.25) is 4.99 Å². The summed E-state index contributed by atoms with van der Waals surface area (Å²) in [6, 6.07) is 16.0. The van der Waals surface area contributed by atoms with E-state index in [0.717, 1.165) is 30.0 Å². The molecule has 0 fully saturated rings. The van der Waals surface area contributed by atoms with Crippen LogP contribution < -0.4 is 9.47 Å². The van der Waals surface area contributed by atoms with Gasteiger partial charge < -0.3 is 9.47 Å². The third-order valence-corrected chi connectivity index (χ3v) is 3.04. The van der Waals surface area contributed by atoms with E-state index in [1.165, 1.54) is 5.56 Å². The highest BCUT2D eigenvalue weighted by atomic mass is 16.5. The van der Waals surface area contributed by atoms with Gasteiger partial charge in [-0.1, -0.05) is 30.3 Å². The highest BCUT2D eigenvalue weighted by molar-refractivity contribution is 5.84. The predicted octanol–water partition coefficient (Wildman–Crippen LogP) is 3.37. The summed E-state index contributed by atoms with van der Waals surface area (Å²) in [6.45, 7) is 0.754. The number of ether oxygens (including phenoxy) is 2. The van der Waals surface area contributed by atoms with Gasteiger partial charge in [-0.25, -0.2) is 0 Å². The first-order valence-electron chi connectivity index (χ1n) is 6.59. The van der Waals surface area contributed by atoms with Crippen LogP contribution in [0.2, 0.25) is 0 Å². The molecule has 2 aromatic rings. The number of methoxy groups -OCH3 is 2. The van der Waals surface area contributed by atoms with Crippen molar-refractivity contribution in [3.8, 4) is 11.5 Å². The fourth-order valence-corrected chi connectivity index (χ4v) is 1.94. The summed E-state index contributed by atoms with van der Waals surface area (Å²) < 4.78 is 10.5. The maximum Gasteiger partial charge on any atom is 0.127 e. The minimum absolute atomic E-state index is 0.754. The van der Waals surface area contributed by atoms with Gasteiger partial charge in [-0.2, -0.15) is 0 Å². The lowest BCUT2D eigenvalue weighted by atomic mass is 10.1. The lowest BCUT2D eigenvalue weighted by Crippen LogP contribution is -1.94. The van der Waals surface area contributed by atoms with Crippen molar-refractivity contribution in [2.24, 2.45) is 4.99 Å². The van der Waals surface area contributed by atoms with Crippen LogP contribution >= 0.6 is 0 Å². The third-order valence-electron chi connectivity index (χ3n) is 3.04. The smallest absolute Gasteiger partial charge is 0.127 e. The van der Waals surface area contributed by atoms with E-state index in [1.807, 2.05) is 42.6 Å². The standard InChI is InChI=1S/C17H19NO2/c1-19-16-8-9-17(20-2)15(12-16)13-18-11-10-14-6-4-3-5-7-14/h3-9,12-13H,10-11H2,1-2H3. The molecule has 0 atom stereocenters. The highest BCUT2D eigenvalue weighted by Crippen LogP contribution is 2.22. The Labute approximate surface area is 119 Å². The summed E-state index contributed by atoms with van der Waals surface area (Å²) in [5, 5.41) is 0. The molecule has 0 N–H and O–H groups in total. The highest BCUT2D eigenvalue weighted by Gasteiger charge is 2.02. The molecule has 3 heteroatoms. The zero-order valence-electron chi connectivity index (χ0n) is 11.9. The first-order chi connectivity index (χ1) is 9.83. The van der Waals surface area contributed by atoms with Gasteiger partial charge in [0.25, 0.3) is 0 Å². The van der Waals surface area contributed by atoms with Crippen LogP contribution in [0.3, 0.4) is 0 Å². The maximum absolute atomic E-state index is 5.31. The van der Waals surface area contributed by atoms with E-state index in [-0.39, 0.29) is 0 Å². The van der Waals surface area contributed by atoms with Crippen LogP contribution in [-0.2, 0) is 6.42 Å². The van der Waals surface area contributed by atoms with Crippen molar-refractivity contribution in [1.29, 1.82) is 0 Å². The number of aliphatic imine (C=N–C) groups is 1. The molecule has 0 bridgehead atoms. The normalized spacial score (nSPS) is 10.7. The van der Waals surface area contributed by atoms with Crippen molar-refractivity contribution in [3.63, 3.8) is 0 Å². The first-order valence-corrected chi connectivity index (χ1v) is 6.59. The second kappa shape index (κ2) is 7.34. The van der Waals surface area contributed by atoms with Gasteiger partial charge >= 0.3 is 0 Å². The Morgan fingerprint density at radius 1 is 1.00 bits per heavy atom. The van der Waals surface area contributed by atoms with Gasteiger partial charge in [-0.15, -0.1) is 0 Å². The Balaban J connectivity index is 2.00. The van der Waals surface area contributed by atoms with Crippen LogP contribution in [0.1, 0.15) is 11.1 Å². The molecule has 2 aromatic carbocycles. The van der Waals surface area contributed by atoms with E-state index in [9.17, 15) is 0 Å². The Kier molecular flexibility index (Phi) is 5.18. The zero-order valence-corrected chi connectivity index (χ0v) is 11.9. The van der Waals surface area contributed by atoms with Crippen LogP contribution in [0.15, 0.2) is 53.5 Å². The van der Waals surface area contributed by atoms with Gasteiger partial charge in [-0.05, 0) is 30.2 Å². The number of hydrogen-bond donors (Lipinski definition) is 0. The minimum Gasteiger partial charge on any atom is -0.497 e. The molecule has 0 spiro atoms. The first kappa shape index (κ1) is 14.1. The lowest BCUT2D eigenvalue weighted by Gasteiger charge is -2.06. The average molecular weight is 269 g/mol. The zero-order chi connectivity index (χ0) is 14.2. The van der Waals surface area contributed by atoms with Crippen molar-refractivity contribution in [2.45, 2.75) is 6.42 Å². The summed E-state index contributed by atoms with van der Waals surface area (Å²) in [7, 11) is 3.31. The molecule has 3 nitrogen and oxygen atoms in total. The molecule has 0 aliphatic rings. The van der Waals surface area contributed by atoms with Crippen molar-refractivity contribution in [1.82, 2.24) is 0 Å². The molecule has 0 heterocycles. The van der Waals surface area contributed by atoms with Gasteiger partial charge in [0, 0.05) is 18.3 Å². The SMILES string of the molecule is COc1ccc(OC)c(C=NCCc2ccccc2)c1. The molecule has 0 saturated carbocycles. The molecule has 104 valence electrons. The summed E-state index contributed by atoms with van der Waals surface area (Å²) >= 11 is 0. The molecule has 0 aliphatic heterocycles. The predicted molar refractivity (Wildman–Crippen MR) is 82.2 cm³/mol. The van der Waals surface area contributed by atoms with E-state index < -0.39 is 0 Å². The average Bonchev–Trinajstić information content (AvgIpc) is 2.52. The lowest BCUT2D eigenvalue weighted by molar-refractivity contribution is 0.402. The monoisotopic (exact) mass is 269 g/mol. The van der Waals surface area contributed by atoms with Crippen LogP contribution in [0.25, 0.3) is 0 Å². The summed E-state index contributed by atoms with van der Waals surface area (Å²) in [5.74, 6) is 1.60. The second-order valence-electron chi connectivity index (χ2n) is 4.38. The number of benzene rings is 2. The second-order valence-corrected chi connectivity index (χ2v) is 4.38. The maximum atomic E-state index is 5.31. The van der Waals surface area contributed by atoms with Gasteiger partial charge in [0.1, 0.15) is 11.5 Å². The molecule has 0 aromatic heterocycles. The summed E-state index contributed by atoms with van der Waals surface area (Å²) in [4.78, 5) is 4.46. The molecule has 0 amide bonds. The largest absolute Gasteiger partial charge is 0.497 e. The Hall–Kier alpha value is -2.29. The van der Waals surface area contributed by atoms with Gasteiger partial charge in [0.05, 0.1) is 14.2 Å². The fourth-order valence-electron chi connectivity index (χ4n) is 1.94. The molecule has 0 radical (unpaired) electrons. The van der Waals surface area contributed by atoms with Gasteiger partial charge in [0.2, 0.25) is 0 Å². The van der Waals surface area contributed by atoms with Crippen molar-refractivity contribution < 1.29 is 9.47 Å². The van der Waals surface area contributed by atoms with E-state index in [4.69, 9.17) is 9.47 Å². The van der Waals surface area contributed by atoms with E-state index >= 15 is 0 Å². The Morgan fingerprint density at radius 3 is 2.50 bits per heavy atom. The van der Waals surface area contributed by atoms with Crippen LogP contribution in [-0.4, -0.2) is 27.0 Å². The molecule has 0 unspecified atom stereocenters. The topological polar surface area (TPSA) is 30.8 Å².